The van der Waals surface area contributed by atoms with Gasteiger partial charge in [0.2, 0.25) is 0 Å². The van der Waals surface area contributed by atoms with Crippen LogP contribution in [0.4, 0.5) is 0 Å². The highest BCUT2D eigenvalue weighted by atomic mass is 32.2. The zero-order valence-corrected chi connectivity index (χ0v) is 9.82. The SMILES string of the molecule is CCC(CC)NC1=NC(C)C(C)S1. The lowest BCUT2D eigenvalue weighted by Gasteiger charge is -2.15. The van der Waals surface area contributed by atoms with Crippen molar-refractivity contribution in [1.82, 2.24) is 5.32 Å². The first-order valence-corrected chi connectivity index (χ1v) is 6.06. The third-order valence-electron chi connectivity index (χ3n) is 2.61. The number of amidine groups is 1. The van der Waals surface area contributed by atoms with E-state index in [1.807, 2.05) is 11.8 Å². The monoisotopic (exact) mass is 200 g/mol. The summed E-state index contributed by atoms with van der Waals surface area (Å²) in [5, 5.41) is 5.27. The molecule has 0 saturated carbocycles. The van der Waals surface area contributed by atoms with Crippen LogP contribution in [0, 0.1) is 0 Å². The molecule has 0 bridgehead atoms. The van der Waals surface area contributed by atoms with Crippen LogP contribution in [0.1, 0.15) is 40.5 Å². The van der Waals surface area contributed by atoms with E-state index in [0.29, 0.717) is 17.3 Å². The van der Waals surface area contributed by atoms with Gasteiger partial charge in [-0.15, -0.1) is 0 Å². The minimum atomic E-state index is 0.474. The van der Waals surface area contributed by atoms with Crippen LogP contribution < -0.4 is 5.32 Å². The Balaban J connectivity index is 2.42. The topological polar surface area (TPSA) is 24.4 Å². The molecule has 76 valence electrons. The van der Waals surface area contributed by atoms with E-state index < -0.39 is 0 Å². The van der Waals surface area contributed by atoms with E-state index >= 15 is 0 Å². The minimum Gasteiger partial charge on any atom is -0.362 e. The number of thioether (sulfide) groups is 1. The van der Waals surface area contributed by atoms with Gasteiger partial charge in [0, 0.05) is 11.3 Å². The van der Waals surface area contributed by atoms with E-state index in [-0.39, 0.29) is 0 Å². The van der Waals surface area contributed by atoms with Gasteiger partial charge in [0.05, 0.1) is 6.04 Å². The molecule has 1 aliphatic heterocycles. The zero-order valence-electron chi connectivity index (χ0n) is 9.00. The molecule has 0 saturated heterocycles. The summed E-state index contributed by atoms with van der Waals surface area (Å²) < 4.78 is 0. The van der Waals surface area contributed by atoms with Crippen LogP contribution in [-0.2, 0) is 0 Å². The van der Waals surface area contributed by atoms with Crippen molar-refractivity contribution < 1.29 is 0 Å². The van der Waals surface area contributed by atoms with Gasteiger partial charge in [0.25, 0.3) is 0 Å². The van der Waals surface area contributed by atoms with Crippen LogP contribution in [0.2, 0.25) is 0 Å². The van der Waals surface area contributed by atoms with Crippen molar-refractivity contribution in [2.75, 3.05) is 0 Å². The quantitative estimate of drug-likeness (QED) is 0.757. The predicted octanol–water partition coefficient (Wildman–Crippen LogP) is 2.64. The van der Waals surface area contributed by atoms with Gasteiger partial charge in [-0.2, -0.15) is 0 Å². The number of aliphatic imine (C=N–C) groups is 1. The molecule has 0 radical (unpaired) electrons. The van der Waals surface area contributed by atoms with Crippen LogP contribution in [0.3, 0.4) is 0 Å². The van der Waals surface area contributed by atoms with E-state index in [4.69, 9.17) is 0 Å². The Morgan fingerprint density at radius 1 is 1.38 bits per heavy atom. The molecule has 0 amide bonds. The standard InChI is InChI=1S/C10H20N2S/c1-5-9(6-2)12-10-11-7(3)8(4)13-10/h7-9H,5-6H2,1-4H3,(H,11,12). The Hall–Kier alpha value is -0.180. The summed E-state index contributed by atoms with van der Waals surface area (Å²) in [6.07, 6.45) is 2.36. The molecule has 1 rings (SSSR count). The van der Waals surface area contributed by atoms with E-state index in [1.165, 1.54) is 12.8 Å². The second-order valence-corrected chi connectivity index (χ2v) is 5.02. The van der Waals surface area contributed by atoms with Gasteiger partial charge in [-0.3, -0.25) is 4.99 Å². The van der Waals surface area contributed by atoms with Crippen LogP contribution >= 0.6 is 11.8 Å². The number of nitrogens with zero attached hydrogens (tertiary/aromatic N) is 1. The second kappa shape index (κ2) is 4.89. The molecule has 2 nitrogen and oxygen atoms in total. The van der Waals surface area contributed by atoms with Gasteiger partial charge in [0.1, 0.15) is 0 Å². The highest BCUT2D eigenvalue weighted by Gasteiger charge is 2.23. The first-order valence-electron chi connectivity index (χ1n) is 5.18. The Morgan fingerprint density at radius 3 is 2.38 bits per heavy atom. The largest absolute Gasteiger partial charge is 0.362 e. The highest BCUT2D eigenvalue weighted by molar-refractivity contribution is 8.14. The maximum absolute atomic E-state index is 4.57. The molecule has 13 heavy (non-hydrogen) atoms. The molecule has 0 aromatic rings. The highest BCUT2D eigenvalue weighted by Crippen LogP contribution is 2.25. The van der Waals surface area contributed by atoms with Crippen LogP contribution in [0.5, 0.6) is 0 Å². The van der Waals surface area contributed by atoms with Crippen molar-refractivity contribution in [3.05, 3.63) is 0 Å². The lowest BCUT2D eigenvalue weighted by atomic mass is 10.2. The fourth-order valence-electron chi connectivity index (χ4n) is 1.33. The third-order valence-corrected chi connectivity index (χ3v) is 3.82. The Kier molecular flexibility index (Phi) is 4.10. The van der Waals surface area contributed by atoms with E-state index in [9.17, 15) is 0 Å². The fraction of sp³-hybridized carbons (Fsp3) is 0.900. The van der Waals surface area contributed by atoms with Crippen molar-refractivity contribution >= 4 is 16.9 Å². The smallest absolute Gasteiger partial charge is 0.157 e. The molecule has 1 heterocycles. The summed E-state index contributed by atoms with van der Waals surface area (Å²) >= 11 is 1.87. The summed E-state index contributed by atoms with van der Waals surface area (Å²) in [5.74, 6) is 0. The lowest BCUT2D eigenvalue weighted by molar-refractivity contribution is 0.572. The van der Waals surface area contributed by atoms with Crippen molar-refractivity contribution in [1.29, 1.82) is 0 Å². The van der Waals surface area contributed by atoms with Crippen LogP contribution in [-0.4, -0.2) is 22.5 Å². The number of nitrogens with one attached hydrogen (secondary N) is 1. The third kappa shape index (κ3) is 2.90. The predicted molar refractivity (Wildman–Crippen MR) is 61.5 cm³/mol. The van der Waals surface area contributed by atoms with E-state index in [1.54, 1.807) is 0 Å². The van der Waals surface area contributed by atoms with Crippen LogP contribution in [0.15, 0.2) is 4.99 Å². The molecular weight excluding hydrogens is 180 g/mol. The van der Waals surface area contributed by atoms with Crippen molar-refractivity contribution in [2.24, 2.45) is 4.99 Å². The number of hydrogen-bond donors (Lipinski definition) is 1. The first-order chi connectivity index (χ1) is 6.17. The van der Waals surface area contributed by atoms with Crippen LogP contribution in [0.25, 0.3) is 0 Å². The minimum absolute atomic E-state index is 0.474. The molecule has 2 atom stereocenters. The summed E-state index contributed by atoms with van der Waals surface area (Å²) in [5.41, 5.74) is 0. The van der Waals surface area contributed by atoms with Crippen molar-refractivity contribution in [3.8, 4) is 0 Å². The molecule has 3 heteroatoms. The molecule has 0 aromatic heterocycles. The fourth-order valence-corrected chi connectivity index (χ4v) is 2.41. The first kappa shape index (κ1) is 10.9. The van der Waals surface area contributed by atoms with Crippen molar-refractivity contribution in [3.63, 3.8) is 0 Å². The average molecular weight is 200 g/mol. The van der Waals surface area contributed by atoms with Gasteiger partial charge in [0.15, 0.2) is 5.17 Å². The van der Waals surface area contributed by atoms with Gasteiger partial charge in [-0.25, -0.2) is 0 Å². The Morgan fingerprint density at radius 2 is 2.00 bits per heavy atom. The summed E-state index contributed by atoms with van der Waals surface area (Å²) in [7, 11) is 0. The molecule has 0 fully saturated rings. The maximum Gasteiger partial charge on any atom is 0.157 e. The molecular formula is C10H20N2S. The van der Waals surface area contributed by atoms with Gasteiger partial charge >= 0.3 is 0 Å². The van der Waals surface area contributed by atoms with Gasteiger partial charge in [-0.05, 0) is 19.8 Å². The number of rotatable bonds is 3. The molecule has 1 N–H and O–H groups in total. The number of hydrogen-bond acceptors (Lipinski definition) is 3. The molecule has 2 unspecified atom stereocenters. The normalized spacial score (nSPS) is 27.9. The van der Waals surface area contributed by atoms with Crippen molar-refractivity contribution in [2.45, 2.75) is 57.9 Å². The zero-order chi connectivity index (χ0) is 9.84. The van der Waals surface area contributed by atoms with E-state index in [0.717, 1.165) is 5.17 Å². The maximum atomic E-state index is 4.57. The molecule has 1 aliphatic rings. The van der Waals surface area contributed by atoms with Gasteiger partial charge < -0.3 is 5.32 Å². The van der Waals surface area contributed by atoms with E-state index in [2.05, 4.69) is 38.0 Å². The molecule has 0 aromatic carbocycles. The second-order valence-electron chi connectivity index (χ2n) is 3.66. The Labute approximate surface area is 85.6 Å². The average Bonchev–Trinajstić information content (AvgIpc) is 2.42. The summed E-state index contributed by atoms with van der Waals surface area (Å²) in [6.45, 7) is 8.85. The van der Waals surface area contributed by atoms with Gasteiger partial charge in [-0.1, -0.05) is 32.5 Å². The molecule has 0 aliphatic carbocycles. The molecule has 0 spiro atoms. The summed E-state index contributed by atoms with van der Waals surface area (Å²) in [4.78, 5) is 4.57. The summed E-state index contributed by atoms with van der Waals surface area (Å²) in [6, 6.07) is 1.07. The lowest BCUT2D eigenvalue weighted by Crippen LogP contribution is -2.31. The Bertz CT molecular complexity index is 187.